The first-order valence-corrected chi connectivity index (χ1v) is 12.1. The van der Waals surface area contributed by atoms with Crippen LogP contribution in [0.15, 0.2) is 48.5 Å². The molecule has 186 valence electrons. The third-order valence-corrected chi connectivity index (χ3v) is 6.69. The molecule has 2 amide bonds. The minimum Gasteiger partial charge on any atom is -0.481 e. The summed E-state index contributed by atoms with van der Waals surface area (Å²) in [5.41, 5.74) is 4.69. The Kier molecular flexibility index (Phi) is 8.02. The van der Waals surface area contributed by atoms with Crippen molar-refractivity contribution >= 4 is 18.0 Å². The minimum absolute atomic E-state index is 0.00773. The Hall–Kier alpha value is -3.39. The highest BCUT2D eigenvalue weighted by atomic mass is 16.5. The van der Waals surface area contributed by atoms with Crippen molar-refractivity contribution in [3.05, 3.63) is 59.7 Å². The van der Waals surface area contributed by atoms with E-state index in [0.717, 1.165) is 11.1 Å². The van der Waals surface area contributed by atoms with Gasteiger partial charge in [0, 0.05) is 24.9 Å². The molecule has 0 saturated carbocycles. The predicted octanol–water partition coefficient (Wildman–Crippen LogP) is 3.79. The molecule has 1 aliphatic carbocycles. The number of carbonyl (C=O) groups is 3. The van der Waals surface area contributed by atoms with Crippen LogP contribution in [0.1, 0.15) is 49.7 Å². The molecule has 4 rings (SSSR count). The smallest absolute Gasteiger partial charge is 0.407 e. The number of rotatable bonds is 9. The zero-order chi connectivity index (χ0) is 24.8. The SMILES string of the molecule is CC(CCCC(=O)N1CCOCC1CC(=O)O)NC(=O)OCC1c2ccccc2-c2ccccc21. The first kappa shape index (κ1) is 24.7. The Balaban J connectivity index is 1.22. The molecule has 2 aromatic carbocycles. The number of carbonyl (C=O) groups excluding carboxylic acids is 2. The number of nitrogens with one attached hydrogen (secondary N) is 1. The van der Waals surface area contributed by atoms with Gasteiger partial charge in [-0.25, -0.2) is 4.79 Å². The molecule has 2 atom stereocenters. The summed E-state index contributed by atoms with van der Waals surface area (Å²) in [7, 11) is 0. The normalized spacial score (nSPS) is 17.9. The summed E-state index contributed by atoms with van der Waals surface area (Å²) in [6, 6.07) is 15.8. The molecule has 0 radical (unpaired) electrons. The van der Waals surface area contributed by atoms with E-state index < -0.39 is 18.1 Å². The molecule has 1 aliphatic heterocycles. The van der Waals surface area contributed by atoms with E-state index in [1.54, 1.807) is 4.90 Å². The van der Waals surface area contributed by atoms with E-state index in [9.17, 15) is 14.4 Å². The molecule has 1 fully saturated rings. The van der Waals surface area contributed by atoms with E-state index in [0.29, 0.717) is 32.4 Å². The first-order chi connectivity index (χ1) is 16.9. The molecule has 8 heteroatoms. The molecule has 35 heavy (non-hydrogen) atoms. The molecule has 1 heterocycles. The number of carboxylic acids is 1. The monoisotopic (exact) mass is 480 g/mol. The van der Waals surface area contributed by atoms with Crippen LogP contribution in [0.3, 0.4) is 0 Å². The minimum atomic E-state index is -0.945. The van der Waals surface area contributed by atoms with Gasteiger partial charge in [0.2, 0.25) is 5.91 Å². The molecule has 1 saturated heterocycles. The van der Waals surface area contributed by atoms with E-state index >= 15 is 0 Å². The van der Waals surface area contributed by atoms with Gasteiger partial charge < -0.3 is 24.8 Å². The largest absolute Gasteiger partial charge is 0.481 e. The summed E-state index contributed by atoms with van der Waals surface area (Å²) in [6.07, 6.45) is 0.906. The number of hydrogen-bond acceptors (Lipinski definition) is 5. The van der Waals surface area contributed by atoms with Crippen LogP contribution >= 0.6 is 0 Å². The van der Waals surface area contributed by atoms with Crippen molar-refractivity contribution in [2.24, 2.45) is 0 Å². The summed E-state index contributed by atoms with van der Waals surface area (Å²) in [4.78, 5) is 37.7. The van der Waals surface area contributed by atoms with Crippen LogP contribution in [0.5, 0.6) is 0 Å². The Morgan fingerprint density at radius 3 is 2.43 bits per heavy atom. The molecule has 2 aliphatic rings. The number of amides is 2. The number of alkyl carbamates (subject to hydrolysis) is 1. The number of nitrogens with zero attached hydrogens (tertiary/aromatic N) is 1. The molecule has 0 bridgehead atoms. The molecule has 0 spiro atoms. The number of hydrogen-bond donors (Lipinski definition) is 2. The lowest BCUT2D eigenvalue weighted by Crippen LogP contribution is -2.49. The van der Waals surface area contributed by atoms with E-state index in [-0.39, 0.29) is 37.5 Å². The van der Waals surface area contributed by atoms with Gasteiger partial charge in [0.1, 0.15) is 6.61 Å². The Morgan fingerprint density at radius 2 is 1.77 bits per heavy atom. The first-order valence-electron chi connectivity index (χ1n) is 12.1. The average molecular weight is 481 g/mol. The summed E-state index contributed by atoms with van der Waals surface area (Å²) in [6.45, 7) is 3.21. The molecule has 2 aromatic rings. The van der Waals surface area contributed by atoms with Gasteiger partial charge in [-0.3, -0.25) is 9.59 Å². The van der Waals surface area contributed by atoms with Gasteiger partial charge in [-0.1, -0.05) is 48.5 Å². The third-order valence-electron chi connectivity index (χ3n) is 6.69. The number of ether oxygens (including phenoxy) is 2. The van der Waals surface area contributed by atoms with Crippen molar-refractivity contribution in [2.45, 2.75) is 50.6 Å². The lowest BCUT2D eigenvalue weighted by molar-refractivity contribution is -0.146. The van der Waals surface area contributed by atoms with E-state index in [1.165, 1.54) is 11.1 Å². The van der Waals surface area contributed by atoms with Gasteiger partial charge in [-0.05, 0) is 42.0 Å². The van der Waals surface area contributed by atoms with Crippen LogP contribution in [-0.4, -0.2) is 66.4 Å². The average Bonchev–Trinajstić information content (AvgIpc) is 3.16. The van der Waals surface area contributed by atoms with Crippen LogP contribution < -0.4 is 5.32 Å². The predicted molar refractivity (Wildman–Crippen MR) is 130 cm³/mol. The summed E-state index contributed by atoms with van der Waals surface area (Å²) >= 11 is 0. The summed E-state index contributed by atoms with van der Waals surface area (Å²) in [5, 5.41) is 11.9. The lowest BCUT2D eigenvalue weighted by atomic mass is 9.98. The third kappa shape index (κ3) is 6.00. The fourth-order valence-corrected chi connectivity index (χ4v) is 4.97. The number of carboxylic acid groups (broad SMARTS) is 1. The molecular weight excluding hydrogens is 448 g/mol. The number of morpholine rings is 1. The van der Waals surface area contributed by atoms with Crippen molar-refractivity contribution in [1.82, 2.24) is 10.2 Å². The topological polar surface area (TPSA) is 105 Å². The Bertz CT molecular complexity index is 1030. The van der Waals surface area contributed by atoms with Gasteiger partial charge in [0.25, 0.3) is 0 Å². The van der Waals surface area contributed by atoms with Gasteiger partial charge in [0.15, 0.2) is 0 Å². The fraction of sp³-hybridized carbons (Fsp3) is 0.444. The second-order valence-electron chi connectivity index (χ2n) is 9.18. The zero-order valence-electron chi connectivity index (χ0n) is 19.9. The van der Waals surface area contributed by atoms with Crippen LogP contribution in [0, 0.1) is 0 Å². The van der Waals surface area contributed by atoms with Crippen molar-refractivity contribution < 1.29 is 29.0 Å². The fourth-order valence-electron chi connectivity index (χ4n) is 4.97. The molecule has 2 unspecified atom stereocenters. The Morgan fingerprint density at radius 1 is 1.11 bits per heavy atom. The Labute approximate surface area is 205 Å². The quantitative estimate of drug-likeness (QED) is 0.566. The molecular formula is C27H32N2O6. The van der Waals surface area contributed by atoms with Crippen molar-refractivity contribution in [3.63, 3.8) is 0 Å². The highest BCUT2D eigenvalue weighted by Crippen LogP contribution is 2.44. The van der Waals surface area contributed by atoms with E-state index in [2.05, 4.69) is 29.6 Å². The molecule has 0 aromatic heterocycles. The zero-order valence-corrected chi connectivity index (χ0v) is 19.9. The summed E-state index contributed by atoms with van der Waals surface area (Å²) in [5.74, 6) is -1.01. The van der Waals surface area contributed by atoms with E-state index in [4.69, 9.17) is 14.6 Å². The second kappa shape index (κ2) is 11.4. The van der Waals surface area contributed by atoms with Crippen LogP contribution in [0.25, 0.3) is 11.1 Å². The van der Waals surface area contributed by atoms with Crippen LogP contribution in [0.4, 0.5) is 4.79 Å². The molecule has 2 N–H and O–H groups in total. The van der Waals surface area contributed by atoms with Crippen LogP contribution in [-0.2, 0) is 19.1 Å². The van der Waals surface area contributed by atoms with Gasteiger partial charge in [-0.15, -0.1) is 0 Å². The highest BCUT2D eigenvalue weighted by Gasteiger charge is 2.30. The maximum atomic E-state index is 12.6. The van der Waals surface area contributed by atoms with Crippen molar-refractivity contribution in [2.75, 3.05) is 26.4 Å². The highest BCUT2D eigenvalue weighted by molar-refractivity contribution is 5.79. The van der Waals surface area contributed by atoms with Gasteiger partial charge in [-0.2, -0.15) is 0 Å². The number of benzene rings is 2. The van der Waals surface area contributed by atoms with Gasteiger partial charge >= 0.3 is 12.1 Å². The van der Waals surface area contributed by atoms with Crippen molar-refractivity contribution in [3.8, 4) is 11.1 Å². The van der Waals surface area contributed by atoms with Crippen molar-refractivity contribution in [1.29, 1.82) is 0 Å². The molecule has 8 nitrogen and oxygen atoms in total. The lowest BCUT2D eigenvalue weighted by Gasteiger charge is -2.35. The second-order valence-corrected chi connectivity index (χ2v) is 9.18. The number of fused-ring (bicyclic) bond motifs is 3. The number of aliphatic carboxylic acids is 1. The maximum Gasteiger partial charge on any atom is 0.407 e. The standard InChI is InChI=1S/C27H32N2O6/c1-18(7-6-12-25(30)29-13-14-34-16-19(29)15-26(31)32)28-27(33)35-17-24-22-10-4-2-8-20(22)21-9-3-5-11-23(21)24/h2-5,8-11,18-19,24H,6-7,12-17H2,1H3,(H,28,33)(H,31,32). The van der Waals surface area contributed by atoms with Crippen LogP contribution in [0.2, 0.25) is 0 Å². The van der Waals surface area contributed by atoms with E-state index in [1.807, 2.05) is 31.2 Å². The van der Waals surface area contributed by atoms with Gasteiger partial charge in [0.05, 0.1) is 25.7 Å². The maximum absolute atomic E-state index is 12.6. The summed E-state index contributed by atoms with van der Waals surface area (Å²) < 4.78 is 10.9.